The van der Waals surface area contributed by atoms with E-state index in [4.69, 9.17) is 37.5 Å². The van der Waals surface area contributed by atoms with Crippen LogP contribution in [0.4, 0.5) is 11.5 Å². The second-order valence-electron chi connectivity index (χ2n) is 15.6. The maximum Gasteiger partial charge on any atom is 0.351 e. The standard InChI is InChI=1S/C46H50N5O9P/c1-30(2)51(31(3)4)61(57-26-12-25-47)60-41-40-43(50-27-39-42(49-44(50)52)48-37-15-10-11-16-38(37)58-39)59-45(41,28-55-40)29-56-46(32-13-8-7-9-14-32,33-17-21-35(53-5)22-18-33)34-19-23-36(54-6)24-20-34/h7-11,13-24,27,30-31,40-41,43H,12,26,28-29H2,1-6H3,(H,48,49,52)/t40-,41+,43-,45-,61?/m1/s1. The molecule has 2 bridgehead atoms. The molecule has 0 spiro atoms. The van der Waals surface area contributed by atoms with E-state index in [-0.39, 0.29) is 38.3 Å². The minimum atomic E-state index is -1.78. The molecule has 8 rings (SSSR count). The number of benzene rings is 4. The Morgan fingerprint density at radius 3 is 2.15 bits per heavy atom. The van der Waals surface area contributed by atoms with E-state index in [9.17, 15) is 10.1 Å². The number of hydrogen-bond donors (Lipinski definition) is 1. The summed E-state index contributed by atoms with van der Waals surface area (Å²) in [6, 6.07) is 35.2. The zero-order valence-corrected chi connectivity index (χ0v) is 35.9. The van der Waals surface area contributed by atoms with Crippen molar-refractivity contribution in [2.45, 2.75) is 75.8 Å². The monoisotopic (exact) mass is 847 g/mol. The number of nitrogens with zero attached hydrogens (tertiary/aromatic N) is 4. The quantitative estimate of drug-likeness (QED) is 0.0532. The van der Waals surface area contributed by atoms with Crippen molar-refractivity contribution < 1.29 is 37.5 Å². The van der Waals surface area contributed by atoms with Gasteiger partial charge in [-0.05, 0) is 80.8 Å². The van der Waals surface area contributed by atoms with Crippen LogP contribution in [0, 0.1) is 11.3 Å². The summed E-state index contributed by atoms with van der Waals surface area (Å²) in [5.74, 6) is 2.62. The van der Waals surface area contributed by atoms with Gasteiger partial charge in [-0.2, -0.15) is 10.2 Å². The van der Waals surface area contributed by atoms with Crippen LogP contribution in [0.25, 0.3) is 0 Å². The van der Waals surface area contributed by atoms with Crippen LogP contribution in [0.3, 0.4) is 0 Å². The highest BCUT2D eigenvalue weighted by Gasteiger charge is 2.65. The van der Waals surface area contributed by atoms with Crippen molar-refractivity contribution >= 4 is 20.0 Å². The minimum absolute atomic E-state index is 0.0213. The van der Waals surface area contributed by atoms with Gasteiger partial charge in [0.15, 0.2) is 23.5 Å². The van der Waals surface area contributed by atoms with Gasteiger partial charge >= 0.3 is 5.69 Å². The first-order valence-corrected chi connectivity index (χ1v) is 21.4. The highest BCUT2D eigenvalue weighted by Crippen LogP contribution is 2.56. The molecule has 0 radical (unpaired) electrons. The van der Waals surface area contributed by atoms with E-state index in [1.165, 1.54) is 4.57 Å². The van der Waals surface area contributed by atoms with E-state index in [0.29, 0.717) is 34.5 Å². The fraction of sp³-hybridized carbons (Fsp3) is 0.370. The van der Waals surface area contributed by atoms with Crippen molar-refractivity contribution in [1.82, 2.24) is 14.2 Å². The smallest absolute Gasteiger partial charge is 0.351 e. The molecule has 4 heterocycles. The zero-order chi connectivity index (χ0) is 42.7. The Bertz CT molecular complexity index is 2340. The summed E-state index contributed by atoms with van der Waals surface area (Å²) in [5.41, 5.74) is 0.160. The highest BCUT2D eigenvalue weighted by molar-refractivity contribution is 7.44. The number of anilines is 2. The molecular weight excluding hydrogens is 798 g/mol. The molecule has 0 aliphatic carbocycles. The normalized spacial score (nSPS) is 20.8. The fourth-order valence-corrected chi connectivity index (χ4v) is 10.1. The number of ether oxygens (including phenoxy) is 6. The summed E-state index contributed by atoms with van der Waals surface area (Å²) < 4.78 is 55.7. The third kappa shape index (κ3) is 8.11. The van der Waals surface area contributed by atoms with Gasteiger partial charge in [-0.1, -0.05) is 66.7 Å². The first-order chi connectivity index (χ1) is 29.6. The van der Waals surface area contributed by atoms with Gasteiger partial charge in [-0.25, -0.2) is 9.46 Å². The number of fused-ring (bicyclic) bond motifs is 4. The highest BCUT2D eigenvalue weighted by atomic mass is 31.2. The molecule has 2 fully saturated rings. The van der Waals surface area contributed by atoms with Crippen LogP contribution in [-0.2, 0) is 28.9 Å². The largest absolute Gasteiger partial charge is 0.497 e. The van der Waals surface area contributed by atoms with Crippen LogP contribution < -0.4 is 25.2 Å². The Hall–Kier alpha value is -5.36. The van der Waals surface area contributed by atoms with Crippen molar-refractivity contribution in [2.75, 3.05) is 39.4 Å². The van der Waals surface area contributed by atoms with Gasteiger partial charge < -0.3 is 42.8 Å². The van der Waals surface area contributed by atoms with Crippen LogP contribution >= 0.6 is 8.53 Å². The number of hydrogen-bond acceptors (Lipinski definition) is 13. The Labute approximate surface area is 356 Å². The third-order valence-corrected chi connectivity index (χ3v) is 13.2. The van der Waals surface area contributed by atoms with E-state index in [1.807, 2.05) is 103 Å². The van der Waals surface area contributed by atoms with Crippen LogP contribution in [0.1, 0.15) is 57.0 Å². The van der Waals surface area contributed by atoms with Gasteiger partial charge in [-0.3, -0.25) is 4.57 Å². The van der Waals surface area contributed by atoms with E-state index in [2.05, 4.69) is 48.7 Å². The Morgan fingerprint density at radius 1 is 0.902 bits per heavy atom. The van der Waals surface area contributed by atoms with Gasteiger partial charge in [0.25, 0.3) is 8.53 Å². The minimum Gasteiger partial charge on any atom is -0.497 e. The molecule has 0 amide bonds. The SMILES string of the molecule is COc1ccc(C(OC[C@@]23CO[C@@H]([C@H](n4cc5c(nc4=O)Nc4ccccc4O5)O2)[C@@H]3OP(OCCC#N)N(C(C)C)C(C)C)(c2ccccc2)c2ccc(OC)cc2)cc1. The van der Waals surface area contributed by atoms with Gasteiger partial charge in [0, 0.05) is 12.1 Å². The predicted molar refractivity (Wildman–Crippen MR) is 229 cm³/mol. The lowest BCUT2D eigenvalue weighted by atomic mass is 9.79. The van der Waals surface area contributed by atoms with Crippen LogP contribution in [0.15, 0.2) is 114 Å². The topological polar surface area (TPSA) is 148 Å². The second kappa shape index (κ2) is 17.9. The number of para-hydroxylation sites is 2. The molecule has 2 saturated heterocycles. The van der Waals surface area contributed by atoms with E-state index in [1.54, 1.807) is 20.4 Å². The van der Waals surface area contributed by atoms with Crippen molar-refractivity contribution in [3.05, 3.63) is 136 Å². The van der Waals surface area contributed by atoms with Crippen LogP contribution in [0.5, 0.6) is 23.0 Å². The molecule has 14 nitrogen and oxygen atoms in total. The molecule has 3 aliphatic heterocycles. The Kier molecular flexibility index (Phi) is 12.4. The van der Waals surface area contributed by atoms with Gasteiger partial charge in [-0.15, -0.1) is 0 Å². The Balaban J connectivity index is 1.24. The second-order valence-corrected chi connectivity index (χ2v) is 17.0. The van der Waals surface area contributed by atoms with Crippen molar-refractivity contribution in [1.29, 1.82) is 5.26 Å². The lowest BCUT2D eigenvalue weighted by Gasteiger charge is -2.41. The number of aromatic nitrogens is 2. The lowest BCUT2D eigenvalue weighted by Crippen LogP contribution is -2.49. The molecule has 1 aromatic heterocycles. The number of nitrogens with one attached hydrogen (secondary N) is 1. The van der Waals surface area contributed by atoms with E-state index < -0.39 is 43.9 Å². The molecule has 61 heavy (non-hydrogen) atoms. The summed E-state index contributed by atoms with van der Waals surface area (Å²) in [6.45, 7) is 8.49. The summed E-state index contributed by atoms with van der Waals surface area (Å²) >= 11 is 0. The zero-order valence-electron chi connectivity index (χ0n) is 35.0. The summed E-state index contributed by atoms with van der Waals surface area (Å²) in [5, 5.41) is 12.7. The fourth-order valence-electron chi connectivity index (χ4n) is 8.27. The first kappa shape index (κ1) is 42.3. The third-order valence-electron chi connectivity index (χ3n) is 11.1. The number of methoxy groups -OCH3 is 2. The van der Waals surface area contributed by atoms with Crippen LogP contribution in [-0.4, -0.2) is 78.2 Å². The summed E-state index contributed by atoms with van der Waals surface area (Å²) in [4.78, 5) is 18.4. The van der Waals surface area contributed by atoms with Crippen molar-refractivity contribution in [3.63, 3.8) is 0 Å². The molecule has 5 atom stereocenters. The molecule has 318 valence electrons. The van der Waals surface area contributed by atoms with Gasteiger partial charge in [0.1, 0.15) is 34.9 Å². The lowest BCUT2D eigenvalue weighted by molar-refractivity contribution is -0.203. The van der Waals surface area contributed by atoms with E-state index >= 15 is 0 Å². The molecule has 4 aromatic carbocycles. The van der Waals surface area contributed by atoms with E-state index in [0.717, 1.165) is 16.7 Å². The number of nitriles is 1. The van der Waals surface area contributed by atoms with Gasteiger partial charge in [0.05, 0.1) is 58.4 Å². The average Bonchev–Trinajstić information content (AvgIpc) is 3.77. The molecule has 15 heteroatoms. The predicted octanol–water partition coefficient (Wildman–Crippen LogP) is 8.45. The Morgan fingerprint density at radius 2 is 1.52 bits per heavy atom. The average molecular weight is 848 g/mol. The summed E-state index contributed by atoms with van der Waals surface area (Å²) in [7, 11) is 1.48. The maximum absolute atomic E-state index is 14.0. The molecule has 3 aliphatic rings. The number of rotatable bonds is 17. The molecule has 0 saturated carbocycles. The molecule has 5 aromatic rings. The van der Waals surface area contributed by atoms with Crippen molar-refractivity contribution in [2.24, 2.45) is 0 Å². The maximum atomic E-state index is 14.0. The molecular formula is C46H50N5O9P. The first-order valence-electron chi connectivity index (χ1n) is 20.3. The molecule has 1 unspecified atom stereocenters. The van der Waals surface area contributed by atoms with Gasteiger partial charge in [0.2, 0.25) is 0 Å². The van der Waals surface area contributed by atoms with Crippen molar-refractivity contribution in [3.8, 4) is 29.1 Å². The molecule has 1 N–H and O–H groups in total. The van der Waals surface area contributed by atoms with Crippen LogP contribution in [0.2, 0.25) is 0 Å². The summed E-state index contributed by atoms with van der Waals surface area (Å²) in [6.07, 6.45) is -0.833.